The molecule has 0 bridgehead atoms. The van der Waals surface area contributed by atoms with Crippen LogP contribution in [-0.2, 0) is 6.61 Å². The van der Waals surface area contributed by atoms with Crippen molar-refractivity contribution in [1.82, 2.24) is 5.32 Å². The Morgan fingerprint density at radius 1 is 1.27 bits per heavy atom. The second-order valence-electron chi connectivity index (χ2n) is 7.69. The molecule has 1 aliphatic heterocycles. The molecule has 3 aromatic rings. The van der Waals surface area contributed by atoms with E-state index < -0.39 is 0 Å². The summed E-state index contributed by atoms with van der Waals surface area (Å²) in [6, 6.07) is 10.7. The largest absolute Gasteiger partial charge is 0.507 e. The molecule has 2 unspecified atom stereocenters. The maximum atomic E-state index is 12.6. The summed E-state index contributed by atoms with van der Waals surface area (Å²) in [6.45, 7) is 3.46. The smallest absolute Gasteiger partial charge is 0.196 e. The molecule has 1 saturated heterocycles. The van der Waals surface area contributed by atoms with E-state index in [1.54, 1.807) is 6.92 Å². The summed E-state index contributed by atoms with van der Waals surface area (Å²) in [5.41, 5.74) is 1.76. The van der Waals surface area contributed by atoms with Gasteiger partial charge >= 0.3 is 0 Å². The van der Waals surface area contributed by atoms with Crippen LogP contribution < -0.4 is 15.5 Å². The van der Waals surface area contributed by atoms with Crippen LogP contribution in [0.25, 0.3) is 11.0 Å². The Morgan fingerprint density at radius 3 is 2.77 bits per heavy atom. The van der Waals surface area contributed by atoms with Crippen LogP contribution in [0.2, 0.25) is 0 Å². The second kappa shape index (κ2) is 8.79. The number of ether oxygens (including phenoxy) is 1. The van der Waals surface area contributed by atoms with Gasteiger partial charge in [-0.2, -0.15) is 0 Å². The minimum atomic E-state index is -0.290. The number of aromatic hydroxyl groups is 1. The van der Waals surface area contributed by atoms with Gasteiger partial charge in [-0.3, -0.25) is 4.79 Å². The molecular weight excluding hydrogens is 450 g/mol. The van der Waals surface area contributed by atoms with Crippen LogP contribution in [0.5, 0.6) is 11.5 Å². The molecule has 0 radical (unpaired) electrons. The van der Waals surface area contributed by atoms with Crippen molar-refractivity contribution in [3.05, 3.63) is 68.0 Å². The Balaban J connectivity index is 1.85. The summed E-state index contributed by atoms with van der Waals surface area (Å²) in [4.78, 5) is 12.6. The Bertz CT molecular complexity index is 1110. The maximum Gasteiger partial charge on any atom is 0.196 e. The third-order valence-electron chi connectivity index (χ3n) is 5.63. The fraction of sp³-hybridized carbons (Fsp3) is 0.348. The molecule has 3 N–H and O–H groups in total. The third kappa shape index (κ3) is 4.10. The summed E-state index contributed by atoms with van der Waals surface area (Å²) in [5.74, 6) is 0.661. The van der Waals surface area contributed by atoms with Gasteiger partial charge in [-0.05, 0) is 43.5 Å². The number of nitrogens with one attached hydrogen (secondary N) is 1. The molecule has 1 aliphatic rings. The van der Waals surface area contributed by atoms with Gasteiger partial charge in [-0.1, -0.05) is 28.1 Å². The van der Waals surface area contributed by atoms with Crippen LogP contribution in [0, 0.1) is 12.8 Å². The summed E-state index contributed by atoms with van der Waals surface area (Å²) in [5, 5.41) is 24.0. The molecule has 158 valence electrons. The zero-order valence-electron chi connectivity index (χ0n) is 16.7. The highest BCUT2D eigenvalue weighted by Crippen LogP contribution is 2.43. The van der Waals surface area contributed by atoms with Gasteiger partial charge in [0.25, 0.3) is 0 Å². The van der Waals surface area contributed by atoms with Crippen LogP contribution in [0.3, 0.4) is 0 Å². The van der Waals surface area contributed by atoms with E-state index in [1.807, 2.05) is 24.3 Å². The Morgan fingerprint density at radius 2 is 2.03 bits per heavy atom. The highest BCUT2D eigenvalue weighted by atomic mass is 79.9. The van der Waals surface area contributed by atoms with Crippen molar-refractivity contribution in [3.8, 4) is 11.5 Å². The summed E-state index contributed by atoms with van der Waals surface area (Å²) in [6.07, 6.45) is 0.761. The van der Waals surface area contributed by atoms with Crippen molar-refractivity contribution in [2.24, 2.45) is 5.92 Å². The number of phenols is 1. The van der Waals surface area contributed by atoms with Crippen LogP contribution in [-0.4, -0.2) is 29.9 Å². The first-order valence-corrected chi connectivity index (χ1v) is 10.8. The molecule has 30 heavy (non-hydrogen) atoms. The average molecular weight is 474 g/mol. The summed E-state index contributed by atoms with van der Waals surface area (Å²) < 4.78 is 13.1. The van der Waals surface area contributed by atoms with Crippen LogP contribution >= 0.6 is 15.9 Å². The van der Waals surface area contributed by atoms with Crippen molar-refractivity contribution in [1.29, 1.82) is 0 Å². The number of aliphatic hydroxyl groups is 1. The molecule has 1 aromatic heterocycles. The molecule has 2 atom stereocenters. The SMILES string of the molecule is Cc1cc(=O)c2c(O)cc(OCc3ccc(Br)cc3)c(C3CCNCC3CO)c2o1. The average Bonchev–Trinajstić information content (AvgIpc) is 2.73. The van der Waals surface area contributed by atoms with Crippen LogP contribution in [0.15, 0.2) is 50.1 Å². The Kier molecular flexibility index (Phi) is 6.13. The number of halogens is 1. The highest BCUT2D eigenvalue weighted by Gasteiger charge is 2.32. The van der Waals surface area contributed by atoms with Crippen LogP contribution in [0.4, 0.5) is 0 Å². The monoisotopic (exact) mass is 473 g/mol. The maximum absolute atomic E-state index is 12.6. The van der Waals surface area contributed by atoms with Gasteiger partial charge in [0.1, 0.15) is 34.8 Å². The zero-order valence-corrected chi connectivity index (χ0v) is 18.2. The number of piperidine rings is 1. The number of benzene rings is 2. The van der Waals surface area contributed by atoms with Crippen molar-refractivity contribution in [2.45, 2.75) is 25.9 Å². The normalized spacial score (nSPS) is 19.2. The fourth-order valence-corrected chi connectivity index (χ4v) is 4.40. The van der Waals surface area contributed by atoms with Gasteiger partial charge in [-0.15, -0.1) is 0 Å². The topological polar surface area (TPSA) is 91.9 Å². The molecule has 0 spiro atoms. The Labute approximate surface area is 182 Å². The van der Waals surface area contributed by atoms with Gasteiger partial charge in [0.2, 0.25) is 0 Å². The van der Waals surface area contributed by atoms with E-state index in [4.69, 9.17) is 9.15 Å². The van der Waals surface area contributed by atoms with E-state index in [0.717, 1.165) is 28.6 Å². The molecule has 2 heterocycles. The third-order valence-corrected chi connectivity index (χ3v) is 6.15. The lowest BCUT2D eigenvalue weighted by atomic mass is 9.80. The molecule has 6 nitrogen and oxygen atoms in total. The molecule has 0 saturated carbocycles. The van der Waals surface area contributed by atoms with E-state index in [2.05, 4.69) is 21.2 Å². The lowest BCUT2D eigenvalue weighted by Crippen LogP contribution is -2.37. The minimum Gasteiger partial charge on any atom is -0.507 e. The lowest BCUT2D eigenvalue weighted by molar-refractivity contribution is 0.176. The minimum absolute atomic E-state index is 0.00222. The first-order chi connectivity index (χ1) is 14.5. The highest BCUT2D eigenvalue weighted by molar-refractivity contribution is 9.10. The molecule has 7 heteroatoms. The first kappa shape index (κ1) is 20.9. The van der Waals surface area contributed by atoms with E-state index >= 15 is 0 Å². The number of phenolic OH excluding ortho intramolecular Hbond substituents is 1. The van der Waals surface area contributed by atoms with E-state index in [9.17, 15) is 15.0 Å². The molecule has 0 aliphatic carbocycles. The van der Waals surface area contributed by atoms with Gasteiger partial charge in [0.15, 0.2) is 5.43 Å². The van der Waals surface area contributed by atoms with Crippen molar-refractivity contribution < 1.29 is 19.4 Å². The number of rotatable bonds is 5. The van der Waals surface area contributed by atoms with E-state index in [-0.39, 0.29) is 35.0 Å². The number of hydrogen-bond acceptors (Lipinski definition) is 6. The predicted molar refractivity (Wildman–Crippen MR) is 118 cm³/mol. The Hall–Kier alpha value is -2.35. The fourth-order valence-electron chi connectivity index (χ4n) is 4.14. The van der Waals surface area contributed by atoms with Crippen molar-refractivity contribution in [3.63, 3.8) is 0 Å². The number of fused-ring (bicyclic) bond motifs is 1. The predicted octanol–water partition coefficient (Wildman–Crippen LogP) is 3.83. The first-order valence-electron chi connectivity index (χ1n) is 9.97. The number of aryl methyl sites for hydroxylation is 1. The zero-order chi connectivity index (χ0) is 21.3. The summed E-state index contributed by atoms with van der Waals surface area (Å²) >= 11 is 3.42. The molecular formula is C23H24BrNO5. The van der Waals surface area contributed by atoms with Crippen LogP contribution in [0.1, 0.15) is 29.2 Å². The van der Waals surface area contributed by atoms with E-state index in [1.165, 1.54) is 12.1 Å². The number of aliphatic hydroxyl groups excluding tert-OH is 1. The molecule has 2 aromatic carbocycles. The van der Waals surface area contributed by atoms with Crippen molar-refractivity contribution >= 4 is 26.9 Å². The van der Waals surface area contributed by atoms with Gasteiger partial charge in [0, 0.05) is 41.2 Å². The number of hydrogen-bond donors (Lipinski definition) is 3. The molecule has 1 fully saturated rings. The van der Waals surface area contributed by atoms with Gasteiger partial charge in [0.05, 0.1) is 0 Å². The van der Waals surface area contributed by atoms with Crippen molar-refractivity contribution in [2.75, 3.05) is 19.7 Å². The van der Waals surface area contributed by atoms with Gasteiger partial charge in [-0.25, -0.2) is 0 Å². The lowest BCUT2D eigenvalue weighted by Gasteiger charge is -2.32. The van der Waals surface area contributed by atoms with Gasteiger partial charge < -0.3 is 24.7 Å². The summed E-state index contributed by atoms with van der Waals surface area (Å²) in [7, 11) is 0. The second-order valence-corrected chi connectivity index (χ2v) is 8.61. The quantitative estimate of drug-likeness (QED) is 0.521. The standard InChI is InChI=1S/C23H24BrNO5/c1-13-8-18(27)22-19(28)9-20(29-12-14-2-4-16(24)5-3-14)21(23(22)30-13)17-6-7-25-10-15(17)11-26/h2-5,8-9,15,17,25-26,28H,6-7,10-12H2,1H3. The van der Waals surface area contributed by atoms with E-state index in [0.29, 0.717) is 30.2 Å². The molecule has 4 rings (SSSR count). The molecule has 0 amide bonds.